The molecule has 0 aliphatic rings. The molecule has 0 bridgehead atoms. The van der Waals surface area contributed by atoms with Crippen molar-refractivity contribution < 1.29 is 19.1 Å². The fraction of sp³-hybridized carbons (Fsp3) is 0.0357. The maximum Gasteiger partial charge on any atom is 0.338 e. The molecular weight excluding hydrogens is 414 g/mol. The minimum Gasteiger partial charge on any atom is -0.452 e. The normalized spacial score (nSPS) is 10.3. The summed E-state index contributed by atoms with van der Waals surface area (Å²) in [6, 6.07) is 32.2. The van der Waals surface area contributed by atoms with Crippen LogP contribution < -0.4 is 5.32 Å². The zero-order valence-electron chi connectivity index (χ0n) is 17.7. The molecule has 1 N–H and O–H groups in total. The third kappa shape index (κ3) is 5.40. The Morgan fingerprint density at radius 1 is 0.606 bits per heavy atom. The smallest absolute Gasteiger partial charge is 0.338 e. The molecule has 0 unspecified atom stereocenters. The van der Waals surface area contributed by atoms with E-state index in [0.29, 0.717) is 16.8 Å². The van der Waals surface area contributed by atoms with Crippen LogP contribution in [0.3, 0.4) is 0 Å². The van der Waals surface area contributed by atoms with Crippen LogP contribution in [-0.4, -0.2) is 24.3 Å². The predicted molar refractivity (Wildman–Crippen MR) is 127 cm³/mol. The Labute approximate surface area is 191 Å². The number of ether oxygens (including phenoxy) is 1. The van der Waals surface area contributed by atoms with E-state index in [1.807, 2.05) is 54.6 Å². The van der Waals surface area contributed by atoms with Gasteiger partial charge in [0.1, 0.15) is 0 Å². The summed E-state index contributed by atoms with van der Waals surface area (Å²) in [6.45, 7) is -0.424. The second-order valence-electron chi connectivity index (χ2n) is 7.31. The summed E-state index contributed by atoms with van der Waals surface area (Å²) in [5.41, 5.74) is 3.77. The highest BCUT2D eigenvalue weighted by molar-refractivity contribution is 6.09. The molecule has 33 heavy (non-hydrogen) atoms. The number of amides is 1. The van der Waals surface area contributed by atoms with E-state index in [1.54, 1.807) is 42.5 Å². The first-order chi connectivity index (χ1) is 16.1. The number of para-hydroxylation sites is 1. The summed E-state index contributed by atoms with van der Waals surface area (Å²) in [6.07, 6.45) is 0. The van der Waals surface area contributed by atoms with Gasteiger partial charge in [0.15, 0.2) is 12.4 Å². The van der Waals surface area contributed by atoms with Gasteiger partial charge in [-0.15, -0.1) is 0 Å². The Bertz CT molecular complexity index is 1270. The zero-order valence-corrected chi connectivity index (χ0v) is 17.7. The second kappa shape index (κ2) is 10.2. The predicted octanol–water partition coefficient (Wildman–Crippen LogP) is 5.38. The molecule has 0 saturated heterocycles. The van der Waals surface area contributed by atoms with E-state index in [9.17, 15) is 14.4 Å². The van der Waals surface area contributed by atoms with E-state index in [0.717, 1.165) is 11.1 Å². The first kappa shape index (κ1) is 21.7. The van der Waals surface area contributed by atoms with Crippen LogP contribution in [0.4, 0.5) is 5.69 Å². The SMILES string of the molecule is O=C(COC(=O)c1ccc(C(=O)c2ccccc2)cc1)Nc1ccccc1-c1ccccc1. The number of rotatable bonds is 7. The average molecular weight is 435 g/mol. The number of carbonyl (C=O) groups excluding carboxylic acids is 3. The third-order valence-corrected chi connectivity index (χ3v) is 5.04. The van der Waals surface area contributed by atoms with E-state index in [4.69, 9.17) is 4.74 Å². The van der Waals surface area contributed by atoms with Gasteiger partial charge in [-0.05, 0) is 23.8 Å². The molecule has 0 aliphatic heterocycles. The van der Waals surface area contributed by atoms with Gasteiger partial charge in [0.05, 0.1) is 5.56 Å². The Kier molecular flexibility index (Phi) is 6.71. The van der Waals surface area contributed by atoms with Gasteiger partial charge in [0.2, 0.25) is 0 Å². The van der Waals surface area contributed by atoms with Gasteiger partial charge in [0.25, 0.3) is 5.91 Å². The first-order valence-electron chi connectivity index (χ1n) is 10.4. The summed E-state index contributed by atoms with van der Waals surface area (Å²) in [4.78, 5) is 37.2. The largest absolute Gasteiger partial charge is 0.452 e. The molecule has 1 amide bonds. The minimum atomic E-state index is -0.639. The van der Waals surface area contributed by atoms with Gasteiger partial charge in [-0.1, -0.05) is 91.0 Å². The van der Waals surface area contributed by atoms with E-state index in [1.165, 1.54) is 12.1 Å². The Hall–Kier alpha value is -4.51. The summed E-state index contributed by atoms with van der Waals surface area (Å²) in [5.74, 6) is -1.21. The van der Waals surface area contributed by atoms with Crippen LogP contribution in [0.1, 0.15) is 26.3 Å². The maximum atomic E-state index is 12.5. The average Bonchev–Trinajstić information content (AvgIpc) is 2.88. The van der Waals surface area contributed by atoms with Crippen LogP contribution in [-0.2, 0) is 9.53 Å². The molecule has 162 valence electrons. The van der Waals surface area contributed by atoms with Crippen LogP contribution in [0.5, 0.6) is 0 Å². The summed E-state index contributed by atoms with van der Waals surface area (Å²) in [5, 5.41) is 2.80. The van der Waals surface area contributed by atoms with E-state index >= 15 is 0 Å². The number of esters is 1. The number of nitrogens with one attached hydrogen (secondary N) is 1. The van der Waals surface area contributed by atoms with Crippen LogP contribution in [0.2, 0.25) is 0 Å². The fourth-order valence-electron chi connectivity index (χ4n) is 3.38. The van der Waals surface area contributed by atoms with Crippen molar-refractivity contribution in [2.24, 2.45) is 0 Å². The highest BCUT2D eigenvalue weighted by Gasteiger charge is 2.14. The van der Waals surface area contributed by atoms with Crippen LogP contribution in [0, 0.1) is 0 Å². The quantitative estimate of drug-likeness (QED) is 0.312. The molecule has 0 heterocycles. The summed E-state index contributed by atoms with van der Waals surface area (Å²) >= 11 is 0. The molecule has 5 heteroatoms. The Balaban J connectivity index is 1.36. The molecule has 0 spiro atoms. The van der Waals surface area contributed by atoms with Crippen molar-refractivity contribution in [2.45, 2.75) is 0 Å². The van der Waals surface area contributed by atoms with Gasteiger partial charge in [-0.2, -0.15) is 0 Å². The van der Waals surface area contributed by atoms with Crippen LogP contribution in [0.15, 0.2) is 109 Å². The molecule has 0 atom stereocenters. The highest BCUT2D eigenvalue weighted by atomic mass is 16.5. The van der Waals surface area contributed by atoms with Gasteiger partial charge >= 0.3 is 5.97 Å². The van der Waals surface area contributed by atoms with Gasteiger partial charge in [-0.25, -0.2) is 4.79 Å². The molecule has 0 aliphatic carbocycles. The third-order valence-electron chi connectivity index (χ3n) is 5.04. The summed E-state index contributed by atoms with van der Waals surface area (Å²) < 4.78 is 5.16. The minimum absolute atomic E-state index is 0.132. The van der Waals surface area contributed by atoms with E-state index in [-0.39, 0.29) is 11.3 Å². The van der Waals surface area contributed by atoms with Gasteiger partial charge < -0.3 is 10.1 Å². The lowest BCUT2D eigenvalue weighted by atomic mass is 10.0. The molecule has 5 nitrogen and oxygen atoms in total. The van der Waals surface area contributed by atoms with Crippen molar-refractivity contribution in [1.29, 1.82) is 0 Å². The molecule has 0 saturated carbocycles. The van der Waals surface area contributed by atoms with E-state index in [2.05, 4.69) is 5.32 Å². The van der Waals surface area contributed by atoms with Crippen molar-refractivity contribution in [1.82, 2.24) is 0 Å². The number of ketones is 1. The van der Waals surface area contributed by atoms with Crippen LogP contribution >= 0.6 is 0 Å². The highest BCUT2D eigenvalue weighted by Crippen LogP contribution is 2.27. The topological polar surface area (TPSA) is 72.5 Å². The van der Waals surface area contributed by atoms with Crippen molar-refractivity contribution in [3.05, 3.63) is 126 Å². The number of carbonyl (C=O) groups is 3. The zero-order chi connectivity index (χ0) is 23.0. The van der Waals surface area contributed by atoms with Crippen molar-refractivity contribution in [2.75, 3.05) is 11.9 Å². The molecule has 4 aromatic carbocycles. The molecule has 0 fully saturated rings. The van der Waals surface area contributed by atoms with Crippen LogP contribution in [0.25, 0.3) is 11.1 Å². The number of hydrogen-bond donors (Lipinski definition) is 1. The molecule has 4 rings (SSSR count). The van der Waals surface area contributed by atoms with Gasteiger partial charge in [0, 0.05) is 22.4 Å². The lowest BCUT2D eigenvalue weighted by Gasteiger charge is -2.11. The summed E-state index contributed by atoms with van der Waals surface area (Å²) in [7, 11) is 0. The van der Waals surface area contributed by atoms with Crippen molar-refractivity contribution in [3.8, 4) is 11.1 Å². The van der Waals surface area contributed by atoms with E-state index < -0.39 is 18.5 Å². The molecule has 0 radical (unpaired) electrons. The second-order valence-corrected chi connectivity index (χ2v) is 7.31. The first-order valence-corrected chi connectivity index (χ1v) is 10.4. The number of hydrogen-bond acceptors (Lipinski definition) is 4. The molecular formula is C28H21NO4. The molecule has 4 aromatic rings. The molecule has 0 aromatic heterocycles. The van der Waals surface area contributed by atoms with Crippen molar-refractivity contribution >= 4 is 23.3 Å². The lowest BCUT2D eigenvalue weighted by molar-refractivity contribution is -0.119. The fourth-order valence-corrected chi connectivity index (χ4v) is 3.38. The lowest BCUT2D eigenvalue weighted by Crippen LogP contribution is -2.21. The van der Waals surface area contributed by atoms with Crippen molar-refractivity contribution in [3.63, 3.8) is 0 Å². The monoisotopic (exact) mass is 435 g/mol. The number of benzene rings is 4. The number of anilines is 1. The standard InChI is InChI=1S/C28H21NO4/c30-26(29-25-14-8-7-13-24(25)20-9-3-1-4-10-20)19-33-28(32)23-17-15-22(16-18-23)27(31)21-11-5-2-6-12-21/h1-18H,19H2,(H,29,30). The Morgan fingerprint density at radius 3 is 1.85 bits per heavy atom. The maximum absolute atomic E-state index is 12.5. The Morgan fingerprint density at radius 2 is 1.15 bits per heavy atom. The van der Waals surface area contributed by atoms with Gasteiger partial charge in [-0.3, -0.25) is 9.59 Å².